The van der Waals surface area contributed by atoms with Crippen LogP contribution in [0, 0.1) is 5.82 Å². The van der Waals surface area contributed by atoms with Gasteiger partial charge in [-0.2, -0.15) is 18.2 Å². The average molecular weight is 956 g/mol. The van der Waals surface area contributed by atoms with Crippen molar-refractivity contribution in [1.82, 2.24) is 25.4 Å². The number of amides is 4. The van der Waals surface area contributed by atoms with Crippen molar-refractivity contribution < 1.29 is 74.1 Å². The minimum Gasteiger partial charge on any atom is -0.489 e. The molecule has 2 aromatic heterocycles. The van der Waals surface area contributed by atoms with E-state index in [1.807, 2.05) is 4.68 Å². The van der Waals surface area contributed by atoms with Crippen molar-refractivity contribution in [3.63, 3.8) is 0 Å². The molecule has 0 bridgehead atoms. The predicted octanol–water partition coefficient (Wildman–Crippen LogP) is 4.19. The molecule has 1 saturated heterocycles. The Balaban J connectivity index is 1.56. The minimum atomic E-state index is -5.11. The van der Waals surface area contributed by atoms with Gasteiger partial charge >= 0.3 is 28.6 Å². The third-order valence-electron chi connectivity index (χ3n) is 8.54. The Hall–Kier alpha value is -5.92. The van der Waals surface area contributed by atoms with Gasteiger partial charge in [0, 0.05) is 23.6 Å². The molecular weight excluding hydrogens is 900 g/mol. The third-order valence-corrected chi connectivity index (χ3v) is 9.63. The van der Waals surface area contributed by atoms with Gasteiger partial charge in [-0.1, -0.05) is 5.16 Å². The van der Waals surface area contributed by atoms with Crippen LogP contribution in [-0.4, -0.2) is 111 Å². The van der Waals surface area contributed by atoms with E-state index < -0.39 is 93.0 Å². The zero-order valence-corrected chi connectivity index (χ0v) is 39.8. The fourth-order valence-electron chi connectivity index (χ4n) is 5.74. The van der Waals surface area contributed by atoms with Gasteiger partial charge in [0.15, 0.2) is 17.9 Å². The zero-order valence-electron chi connectivity index (χ0n) is 38.1. The maximum Gasteiger partial charge on any atom is 0.418 e. The first-order valence-electron chi connectivity index (χ1n) is 20.0. The van der Waals surface area contributed by atoms with Gasteiger partial charge in [0.25, 0.3) is 17.9 Å². The standard InChI is InChI=1S/C40H55FN8O14S2/c1-37(2,3)59-33(52)28(21-58-24-14-15-25(26(41)18-24)23-19-47(12)48(20-23)17-13-16-42-35(53)60-38(4,5)6)62-46-29(27-22-64-34(43-27)45-36(54)61-39(7,8)9)31(50)44-30-32(51)49(40(30,10)11)63-65(55,56)57/h14-15,18-20,22,28,30H,13,16-17,21H2,1-12H3,(H3-,42,43,44,45,50,53,54,55,56,57)/p+1. The summed E-state index contributed by atoms with van der Waals surface area (Å²) in [5.74, 6) is -3.83. The second-order valence-corrected chi connectivity index (χ2v) is 20.0. The summed E-state index contributed by atoms with van der Waals surface area (Å²) in [5, 5.41) is 13.1. The van der Waals surface area contributed by atoms with E-state index in [2.05, 4.69) is 30.4 Å². The Morgan fingerprint density at radius 1 is 1.02 bits per heavy atom. The number of aromatic nitrogens is 3. The lowest BCUT2D eigenvalue weighted by Crippen LogP contribution is -2.76. The van der Waals surface area contributed by atoms with E-state index in [1.165, 1.54) is 31.4 Å². The number of carbonyl (C=O) groups excluding carboxylic acids is 5. The van der Waals surface area contributed by atoms with E-state index in [1.54, 1.807) is 86.4 Å². The van der Waals surface area contributed by atoms with E-state index in [4.69, 9.17) is 28.3 Å². The van der Waals surface area contributed by atoms with E-state index >= 15 is 4.39 Å². The number of alkyl carbamates (subject to hydrolysis) is 1. The normalized spacial score (nSPS) is 15.9. The SMILES string of the molecule is C[n+]1cc(-c2ccc(OCC(ON=C(C(=O)NC3C(=O)N(OS(=O)(=O)O)C3(C)C)c3csc(NC(=O)OC(C)(C)C)n3)C(=O)OC(C)(C)C)cc2F)cn1CCCNC(=O)OC(C)(C)C. The number of halogens is 1. The summed E-state index contributed by atoms with van der Waals surface area (Å²) in [5.41, 5.74) is -4.10. The maximum absolute atomic E-state index is 15.7. The first-order chi connectivity index (χ1) is 29.8. The molecule has 4 rings (SSSR count). The Labute approximate surface area is 379 Å². The fraction of sp³-hybridized carbons (Fsp3) is 0.550. The van der Waals surface area contributed by atoms with E-state index in [0.29, 0.717) is 30.1 Å². The zero-order chi connectivity index (χ0) is 48.9. The molecule has 0 saturated carbocycles. The number of nitrogens with one attached hydrogen (secondary N) is 3. The van der Waals surface area contributed by atoms with Crippen LogP contribution in [0.4, 0.5) is 19.1 Å². The number of ether oxygens (including phenoxy) is 4. The molecule has 3 heterocycles. The molecule has 2 atom stereocenters. The smallest absolute Gasteiger partial charge is 0.418 e. The first-order valence-corrected chi connectivity index (χ1v) is 22.3. The van der Waals surface area contributed by atoms with Gasteiger partial charge in [-0.25, -0.2) is 23.8 Å². The molecule has 65 heavy (non-hydrogen) atoms. The number of hydrogen-bond donors (Lipinski definition) is 4. The molecule has 0 radical (unpaired) electrons. The number of carbonyl (C=O) groups is 5. The summed E-state index contributed by atoms with van der Waals surface area (Å²) in [6.45, 7) is 17.9. The van der Waals surface area contributed by atoms with Gasteiger partial charge in [0.05, 0.1) is 23.8 Å². The number of esters is 1. The molecule has 1 aromatic carbocycles. The van der Waals surface area contributed by atoms with Crippen LogP contribution in [0.1, 0.15) is 88.3 Å². The summed E-state index contributed by atoms with van der Waals surface area (Å²) in [4.78, 5) is 74.5. The number of aryl methyl sites for hydroxylation is 2. The molecule has 4 N–H and O–H groups in total. The predicted molar refractivity (Wildman–Crippen MR) is 230 cm³/mol. The van der Waals surface area contributed by atoms with Crippen molar-refractivity contribution in [2.24, 2.45) is 12.2 Å². The van der Waals surface area contributed by atoms with Crippen molar-refractivity contribution in [3.05, 3.63) is 47.5 Å². The van der Waals surface area contributed by atoms with Crippen molar-refractivity contribution in [3.8, 4) is 16.9 Å². The number of hydrogen-bond acceptors (Lipinski definition) is 16. The molecule has 1 aliphatic heterocycles. The summed E-state index contributed by atoms with van der Waals surface area (Å²) in [7, 11) is -3.32. The molecule has 4 amide bonds. The van der Waals surface area contributed by atoms with Crippen molar-refractivity contribution in [1.29, 1.82) is 0 Å². The molecular formula is C40H56FN8O14S2+. The second-order valence-electron chi connectivity index (χ2n) is 18.1. The highest BCUT2D eigenvalue weighted by Crippen LogP contribution is 2.33. The quantitative estimate of drug-likeness (QED) is 0.0216. The van der Waals surface area contributed by atoms with Crippen molar-refractivity contribution in [2.75, 3.05) is 18.5 Å². The monoisotopic (exact) mass is 955 g/mol. The Bertz CT molecular complexity index is 2400. The van der Waals surface area contributed by atoms with E-state index in [-0.39, 0.29) is 22.1 Å². The largest absolute Gasteiger partial charge is 0.489 e. The fourth-order valence-corrected chi connectivity index (χ4v) is 6.87. The molecule has 2 unspecified atom stereocenters. The summed E-state index contributed by atoms with van der Waals surface area (Å²) >= 11 is 0.859. The van der Waals surface area contributed by atoms with Crippen LogP contribution in [0.2, 0.25) is 0 Å². The summed E-state index contributed by atoms with van der Waals surface area (Å²) in [6.07, 6.45) is 0.950. The molecule has 0 aliphatic carbocycles. The lowest BCUT2D eigenvalue weighted by molar-refractivity contribution is -0.753. The molecule has 0 spiro atoms. The first kappa shape index (κ1) is 51.7. The van der Waals surface area contributed by atoms with Crippen LogP contribution in [-0.2, 0) is 61.7 Å². The van der Waals surface area contributed by atoms with E-state index in [9.17, 15) is 32.4 Å². The van der Waals surface area contributed by atoms with Crippen LogP contribution in [0.3, 0.4) is 0 Å². The number of nitrogens with zero attached hydrogens (tertiary/aromatic N) is 5. The van der Waals surface area contributed by atoms with Gasteiger partial charge in [0.2, 0.25) is 6.20 Å². The van der Waals surface area contributed by atoms with Gasteiger partial charge < -0.3 is 34.4 Å². The number of benzene rings is 1. The van der Waals surface area contributed by atoms with Crippen LogP contribution >= 0.6 is 11.3 Å². The van der Waals surface area contributed by atoms with Crippen LogP contribution in [0.15, 0.2) is 41.1 Å². The van der Waals surface area contributed by atoms with E-state index in [0.717, 1.165) is 17.4 Å². The highest BCUT2D eigenvalue weighted by atomic mass is 32.3. The van der Waals surface area contributed by atoms with Gasteiger partial charge in [-0.05, 0) is 94.7 Å². The number of thiazole rings is 1. The Morgan fingerprint density at radius 3 is 2.23 bits per heavy atom. The topological polar surface area (TPSA) is 268 Å². The minimum absolute atomic E-state index is 0.0119. The lowest BCUT2D eigenvalue weighted by Gasteiger charge is -2.50. The van der Waals surface area contributed by atoms with Crippen LogP contribution in [0.25, 0.3) is 11.1 Å². The number of hydroxylamine groups is 2. The highest BCUT2D eigenvalue weighted by Gasteiger charge is 2.58. The maximum atomic E-state index is 15.7. The van der Waals surface area contributed by atoms with Crippen molar-refractivity contribution >= 4 is 62.5 Å². The summed E-state index contributed by atoms with van der Waals surface area (Å²) in [6, 6.07) is 2.62. The molecule has 1 fully saturated rings. The summed E-state index contributed by atoms with van der Waals surface area (Å²) < 4.78 is 77.3. The van der Waals surface area contributed by atoms with Gasteiger partial charge in [-0.15, -0.1) is 20.3 Å². The molecule has 358 valence electrons. The molecule has 3 aromatic rings. The third kappa shape index (κ3) is 15.4. The average Bonchev–Trinajstić information content (AvgIpc) is 3.75. The number of rotatable bonds is 17. The second kappa shape index (κ2) is 20.1. The van der Waals surface area contributed by atoms with Gasteiger partial charge in [-0.3, -0.25) is 19.5 Å². The molecule has 1 aliphatic rings. The number of oxime groups is 1. The molecule has 25 heteroatoms. The van der Waals surface area contributed by atoms with Gasteiger partial charge in [0.1, 0.15) is 46.7 Å². The highest BCUT2D eigenvalue weighted by molar-refractivity contribution is 7.80. The van der Waals surface area contributed by atoms with Crippen molar-refractivity contribution in [2.45, 2.75) is 124 Å². The number of β-lactam (4-membered cyclic amide) rings is 1. The van der Waals surface area contributed by atoms with Crippen LogP contribution in [0.5, 0.6) is 5.75 Å². The lowest BCUT2D eigenvalue weighted by atomic mass is 9.84. The Kier molecular flexibility index (Phi) is 16.0. The number of anilines is 1. The Morgan fingerprint density at radius 2 is 1.65 bits per heavy atom. The van der Waals surface area contributed by atoms with Crippen LogP contribution < -0.4 is 25.4 Å². The molecule has 22 nitrogen and oxygen atoms in total.